The maximum absolute atomic E-state index is 15.1. The number of carbonyl (C=O) groups is 1. The van der Waals surface area contributed by atoms with Crippen LogP contribution in [0.4, 0.5) is 4.79 Å². The van der Waals surface area contributed by atoms with Crippen molar-refractivity contribution in [1.82, 2.24) is 9.80 Å². The molecule has 2 fully saturated rings. The van der Waals surface area contributed by atoms with Gasteiger partial charge in [0.05, 0.1) is 31.5 Å². The number of benzene rings is 3. The second-order valence-corrected chi connectivity index (χ2v) is 19.1. The molecule has 0 aromatic heterocycles. The van der Waals surface area contributed by atoms with Gasteiger partial charge in [-0.25, -0.2) is 4.79 Å². The number of unbranched alkanes of at least 4 members (excludes halogenated alkanes) is 2. The maximum atomic E-state index is 15.1. The molecule has 6 unspecified atom stereocenters. The molecule has 3 aromatic carbocycles. The van der Waals surface area contributed by atoms with E-state index in [1.165, 1.54) is 0 Å². The Morgan fingerprint density at radius 2 is 1.70 bits per heavy atom. The van der Waals surface area contributed by atoms with Gasteiger partial charge in [-0.05, 0) is 105 Å². The summed E-state index contributed by atoms with van der Waals surface area (Å²) in [7, 11) is 0. The maximum Gasteiger partial charge on any atom is 0.410 e. The molecule has 1 saturated carbocycles. The van der Waals surface area contributed by atoms with Gasteiger partial charge < -0.3 is 48.2 Å². The van der Waals surface area contributed by atoms with E-state index >= 15 is 4.79 Å². The summed E-state index contributed by atoms with van der Waals surface area (Å²) in [5.74, 6) is 0.575. The molecule has 2 N–H and O–H groups in total. The van der Waals surface area contributed by atoms with Crippen LogP contribution in [0.2, 0.25) is 0 Å². The lowest BCUT2D eigenvalue weighted by Crippen LogP contribution is -2.70. The molecule has 3 aliphatic heterocycles. The third-order valence-electron chi connectivity index (χ3n) is 13.3. The minimum absolute atomic E-state index is 0.00844. The Balaban J connectivity index is 1.26. The molecule has 14 heteroatoms. The van der Waals surface area contributed by atoms with E-state index in [2.05, 4.69) is 23.6 Å². The fourth-order valence-corrected chi connectivity index (χ4v) is 10.1. The molecule has 0 radical (unpaired) electrons. The van der Waals surface area contributed by atoms with E-state index < -0.39 is 29.4 Å². The van der Waals surface area contributed by atoms with Gasteiger partial charge in [0.2, 0.25) is 12.6 Å². The van der Waals surface area contributed by atoms with E-state index in [1.807, 2.05) is 81.4 Å². The van der Waals surface area contributed by atoms with Crippen molar-refractivity contribution in [1.29, 1.82) is 0 Å². The molecular formula is C53H69N3O11. The van der Waals surface area contributed by atoms with Crippen LogP contribution in [0.3, 0.4) is 0 Å². The number of amides is 1. The fourth-order valence-electron chi connectivity index (χ4n) is 10.1. The molecule has 0 bridgehead atoms. The summed E-state index contributed by atoms with van der Waals surface area (Å²) < 4.78 is 44.7. The Kier molecular flexibility index (Phi) is 16.1. The highest BCUT2D eigenvalue weighted by Gasteiger charge is 2.66. The number of oxime groups is 1. The Labute approximate surface area is 395 Å². The quantitative estimate of drug-likeness (QED) is 0.0385. The summed E-state index contributed by atoms with van der Waals surface area (Å²) in [6.45, 7) is 14.7. The second-order valence-electron chi connectivity index (χ2n) is 19.1. The van der Waals surface area contributed by atoms with Crippen LogP contribution in [0, 0.1) is 17.8 Å². The van der Waals surface area contributed by atoms with Crippen molar-refractivity contribution >= 4 is 11.8 Å². The van der Waals surface area contributed by atoms with Crippen LogP contribution < -0.4 is 18.9 Å². The van der Waals surface area contributed by atoms with E-state index in [4.69, 9.17) is 43.2 Å². The predicted octanol–water partition coefficient (Wildman–Crippen LogP) is 8.40. The molecule has 1 saturated heterocycles. The lowest BCUT2D eigenvalue weighted by atomic mass is 9.55. The number of rotatable bonds is 24. The Bertz CT molecular complexity index is 2190. The van der Waals surface area contributed by atoms with E-state index in [0.29, 0.717) is 49.0 Å². The molecule has 3 heterocycles. The van der Waals surface area contributed by atoms with Crippen molar-refractivity contribution in [2.45, 2.75) is 102 Å². The zero-order valence-corrected chi connectivity index (χ0v) is 39.4. The van der Waals surface area contributed by atoms with E-state index in [9.17, 15) is 10.2 Å². The molecule has 14 nitrogen and oxygen atoms in total. The van der Waals surface area contributed by atoms with Gasteiger partial charge in [0.1, 0.15) is 36.4 Å². The van der Waals surface area contributed by atoms with Crippen molar-refractivity contribution in [3.63, 3.8) is 0 Å². The summed E-state index contributed by atoms with van der Waals surface area (Å²) >= 11 is 0. The predicted molar refractivity (Wildman–Crippen MR) is 253 cm³/mol. The molecule has 1 amide bonds. The summed E-state index contributed by atoms with van der Waals surface area (Å²) in [6, 6.07) is 20.8. The minimum Gasteiger partial charge on any atom is -0.492 e. The fraction of sp³-hybridized carbons (Fsp3) is 0.547. The summed E-state index contributed by atoms with van der Waals surface area (Å²) in [6.07, 6.45) is 8.32. The number of fused-ring (bicyclic) bond motifs is 3. The molecule has 0 spiro atoms. The van der Waals surface area contributed by atoms with Crippen LogP contribution >= 0.6 is 0 Å². The van der Waals surface area contributed by atoms with Crippen LogP contribution in [0.5, 0.6) is 23.0 Å². The number of aliphatic hydroxyl groups is 2. The van der Waals surface area contributed by atoms with Gasteiger partial charge in [0, 0.05) is 57.3 Å². The summed E-state index contributed by atoms with van der Waals surface area (Å²) in [5, 5.41) is 25.0. The van der Waals surface area contributed by atoms with E-state index in [-0.39, 0.29) is 70.5 Å². The lowest BCUT2D eigenvalue weighted by Gasteiger charge is -2.60. The van der Waals surface area contributed by atoms with Crippen molar-refractivity contribution < 1.29 is 53.0 Å². The van der Waals surface area contributed by atoms with Crippen LogP contribution in [-0.2, 0) is 32.2 Å². The first-order valence-corrected chi connectivity index (χ1v) is 24.2. The first-order valence-electron chi connectivity index (χ1n) is 24.2. The second kappa shape index (κ2) is 22.3. The number of hydrogen-bond acceptors (Lipinski definition) is 13. The van der Waals surface area contributed by atoms with Gasteiger partial charge in [-0.3, -0.25) is 9.80 Å². The molecular weight excluding hydrogens is 855 g/mol. The average Bonchev–Trinajstić information content (AvgIpc) is 4.03. The van der Waals surface area contributed by atoms with Crippen LogP contribution in [0.1, 0.15) is 88.3 Å². The van der Waals surface area contributed by atoms with Gasteiger partial charge in [-0.1, -0.05) is 66.5 Å². The zero-order valence-electron chi connectivity index (χ0n) is 39.4. The molecule has 2 aliphatic carbocycles. The Morgan fingerprint density at radius 3 is 2.46 bits per heavy atom. The number of aliphatic hydroxyl groups excluding tert-OH is 2. The number of hydrogen-bond donors (Lipinski definition) is 2. The van der Waals surface area contributed by atoms with Crippen molar-refractivity contribution in [2.75, 3.05) is 66.1 Å². The third kappa shape index (κ3) is 11.8. The highest BCUT2D eigenvalue weighted by Crippen LogP contribution is 2.62. The standard InChI is InChI=1S/C53H69N3O11/c1-5-26-65-53-48(56(34-38-17-19-46-47(30-38)64-36-63-46)51(59)62-29-28-60-35-37-13-7-6-8-14-37)33-44(54-67-52(2,3)4)42-31-39(15-9-11-24-57)41(16-10-12-25-58)49(50(42)53)43-32-40(18-20-45(43)66-53)61-27-23-55-21-22-55/h5-8,13-14,17-20,30-32,39,41,48-50,57-58H,1,9-12,15-16,21-29,33-36H2,2-4H3. The highest BCUT2D eigenvalue weighted by molar-refractivity contribution is 6.03. The third-order valence-corrected chi connectivity index (χ3v) is 13.3. The SMILES string of the molecule is C=CCOC12Oc3ccc(OCCN4CC4)cc3C3C(CCCCO)C(CCCCO)C=C(C(=NOC(C)(C)C)CC1N(Cc1ccc4c(c1)OCO4)C(=O)OCCOCc1ccccc1)C32. The largest absolute Gasteiger partial charge is 0.492 e. The number of carbonyl (C=O) groups excluding carboxylic acids is 1. The number of nitrogens with zero attached hydrogens (tertiary/aromatic N) is 3. The molecule has 5 aliphatic rings. The van der Waals surface area contributed by atoms with Crippen molar-refractivity contribution in [3.8, 4) is 23.0 Å². The van der Waals surface area contributed by atoms with Gasteiger partial charge in [-0.2, -0.15) is 0 Å². The summed E-state index contributed by atoms with van der Waals surface area (Å²) in [5.41, 5.74) is 3.83. The molecule has 362 valence electrons. The smallest absolute Gasteiger partial charge is 0.410 e. The lowest BCUT2D eigenvalue weighted by molar-refractivity contribution is -0.256. The molecule has 67 heavy (non-hydrogen) atoms. The van der Waals surface area contributed by atoms with Gasteiger partial charge >= 0.3 is 6.09 Å². The first kappa shape index (κ1) is 48.3. The average molecular weight is 924 g/mol. The zero-order chi connectivity index (χ0) is 46.8. The Morgan fingerprint density at radius 1 is 0.925 bits per heavy atom. The Hall–Kier alpha value is -5.12. The highest BCUT2D eigenvalue weighted by atomic mass is 16.7. The van der Waals surface area contributed by atoms with Crippen LogP contribution in [0.15, 0.2) is 96.2 Å². The van der Waals surface area contributed by atoms with Gasteiger partial charge in [-0.15, -0.1) is 6.58 Å². The summed E-state index contributed by atoms with van der Waals surface area (Å²) in [4.78, 5) is 25.4. The molecule has 6 atom stereocenters. The molecule has 8 rings (SSSR count). The van der Waals surface area contributed by atoms with Gasteiger partial charge in [0.25, 0.3) is 0 Å². The normalized spacial score (nSPS) is 24.2. The van der Waals surface area contributed by atoms with Crippen molar-refractivity contribution in [2.24, 2.45) is 22.9 Å². The van der Waals surface area contributed by atoms with Crippen LogP contribution in [0.25, 0.3) is 0 Å². The van der Waals surface area contributed by atoms with Gasteiger partial charge in [0.15, 0.2) is 11.5 Å². The minimum atomic E-state index is -1.48. The van der Waals surface area contributed by atoms with Crippen molar-refractivity contribution in [3.05, 3.63) is 108 Å². The van der Waals surface area contributed by atoms with Crippen LogP contribution in [-0.4, -0.2) is 115 Å². The van der Waals surface area contributed by atoms with E-state index in [1.54, 1.807) is 11.0 Å². The van der Waals surface area contributed by atoms with E-state index in [0.717, 1.165) is 73.3 Å². The first-order chi connectivity index (χ1) is 32.6. The monoisotopic (exact) mass is 923 g/mol. The topological polar surface area (TPSA) is 150 Å². The molecule has 3 aromatic rings. The number of allylic oxidation sites excluding steroid dienone is 1. The number of ether oxygens (including phenoxy) is 7.